The third-order valence-corrected chi connectivity index (χ3v) is 3.25. The molecule has 18 heavy (non-hydrogen) atoms. The maximum atomic E-state index is 12.7. The number of carbonyl (C=O) groups is 1. The molecule has 0 bridgehead atoms. The van der Waals surface area contributed by atoms with Crippen LogP contribution in [0.3, 0.4) is 0 Å². The van der Waals surface area contributed by atoms with Gasteiger partial charge in [0.15, 0.2) is 0 Å². The van der Waals surface area contributed by atoms with Gasteiger partial charge in [0, 0.05) is 5.56 Å². The number of carbonyl (C=O) groups excluding carboxylic acids is 1. The van der Waals surface area contributed by atoms with Crippen molar-refractivity contribution in [2.75, 3.05) is 0 Å². The number of thiophene rings is 1. The van der Waals surface area contributed by atoms with Gasteiger partial charge in [0.05, 0.1) is 4.88 Å². The van der Waals surface area contributed by atoms with Crippen LogP contribution in [0.15, 0.2) is 35.7 Å². The van der Waals surface area contributed by atoms with Crippen LogP contribution < -0.4 is 16.0 Å². The summed E-state index contributed by atoms with van der Waals surface area (Å²) in [5, 5.41) is 1.79. The summed E-state index contributed by atoms with van der Waals surface area (Å²) in [6.45, 7) is 0.234. The fourth-order valence-electron chi connectivity index (χ4n) is 1.41. The van der Waals surface area contributed by atoms with Crippen molar-refractivity contribution in [2.45, 2.75) is 6.61 Å². The van der Waals surface area contributed by atoms with E-state index in [1.807, 2.05) is 0 Å². The summed E-state index contributed by atoms with van der Waals surface area (Å²) in [4.78, 5) is 11.9. The first-order valence-corrected chi connectivity index (χ1v) is 6.04. The molecule has 0 radical (unpaired) electrons. The quantitative estimate of drug-likeness (QED) is 0.506. The highest BCUT2D eigenvalue weighted by atomic mass is 32.1. The van der Waals surface area contributed by atoms with Crippen molar-refractivity contribution in [1.29, 1.82) is 0 Å². The smallest absolute Gasteiger partial charge is 0.275 e. The number of hydrogen-bond acceptors (Lipinski definition) is 4. The van der Waals surface area contributed by atoms with Crippen molar-refractivity contribution >= 4 is 17.2 Å². The van der Waals surface area contributed by atoms with Gasteiger partial charge >= 0.3 is 0 Å². The highest BCUT2D eigenvalue weighted by molar-refractivity contribution is 7.12. The Labute approximate surface area is 107 Å². The van der Waals surface area contributed by atoms with Crippen molar-refractivity contribution < 1.29 is 13.9 Å². The molecule has 0 aliphatic heterocycles. The van der Waals surface area contributed by atoms with E-state index in [1.54, 1.807) is 11.4 Å². The first-order chi connectivity index (χ1) is 8.70. The molecule has 0 spiro atoms. The maximum Gasteiger partial charge on any atom is 0.275 e. The van der Waals surface area contributed by atoms with E-state index in [0.29, 0.717) is 10.6 Å². The molecule has 6 heteroatoms. The molecule has 0 saturated heterocycles. The molecule has 0 atom stereocenters. The number of nitrogens with two attached hydrogens (primary N) is 1. The maximum absolute atomic E-state index is 12.7. The molecule has 2 rings (SSSR count). The lowest BCUT2D eigenvalue weighted by molar-refractivity contribution is 0.0955. The van der Waals surface area contributed by atoms with E-state index >= 15 is 0 Å². The molecule has 2 aromatic rings. The lowest BCUT2D eigenvalue weighted by Gasteiger charge is -2.06. The number of rotatable bonds is 4. The normalized spacial score (nSPS) is 10.1. The number of nitrogens with one attached hydrogen (secondary N) is 1. The Balaban J connectivity index is 2.04. The summed E-state index contributed by atoms with van der Waals surface area (Å²) in [6, 6.07) is 7.49. The molecular formula is C12H11FN2O2S. The van der Waals surface area contributed by atoms with E-state index in [1.165, 1.54) is 35.6 Å². The third-order valence-electron chi connectivity index (χ3n) is 2.29. The Morgan fingerprint density at radius 2 is 2.06 bits per heavy atom. The van der Waals surface area contributed by atoms with E-state index in [4.69, 9.17) is 10.6 Å². The van der Waals surface area contributed by atoms with Gasteiger partial charge in [-0.15, -0.1) is 11.3 Å². The van der Waals surface area contributed by atoms with Crippen molar-refractivity contribution in [3.63, 3.8) is 0 Å². The summed E-state index contributed by atoms with van der Waals surface area (Å²) >= 11 is 1.29. The highest BCUT2D eigenvalue weighted by Gasteiger charge is 2.12. The van der Waals surface area contributed by atoms with Crippen LogP contribution in [0.4, 0.5) is 4.39 Å². The summed E-state index contributed by atoms with van der Waals surface area (Å²) in [6.07, 6.45) is 0. The average molecular weight is 266 g/mol. The first-order valence-electron chi connectivity index (χ1n) is 5.16. The minimum atomic E-state index is -0.345. The van der Waals surface area contributed by atoms with Crippen molar-refractivity contribution in [1.82, 2.24) is 5.43 Å². The van der Waals surface area contributed by atoms with Crippen LogP contribution >= 0.6 is 11.3 Å². The first kappa shape index (κ1) is 12.5. The fourth-order valence-corrected chi connectivity index (χ4v) is 2.22. The van der Waals surface area contributed by atoms with Gasteiger partial charge in [-0.25, -0.2) is 10.2 Å². The minimum Gasteiger partial charge on any atom is -0.489 e. The van der Waals surface area contributed by atoms with Gasteiger partial charge in [-0.3, -0.25) is 10.2 Å². The Bertz CT molecular complexity index is 539. The van der Waals surface area contributed by atoms with Gasteiger partial charge < -0.3 is 4.74 Å². The Kier molecular flexibility index (Phi) is 3.91. The lowest BCUT2D eigenvalue weighted by Crippen LogP contribution is -2.30. The van der Waals surface area contributed by atoms with Gasteiger partial charge in [0.1, 0.15) is 18.2 Å². The minimum absolute atomic E-state index is 0.234. The molecule has 3 N–H and O–H groups in total. The van der Waals surface area contributed by atoms with E-state index < -0.39 is 0 Å². The van der Waals surface area contributed by atoms with E-state index in [0.717, 1.165) is 5.56 Å². The van der Waals surface area contributed by atoms with Gasteiger partial charge in [-0.1, -0.05) is 0 Å². The summed E-state index contributed by atoms with van der Waals surface area (Å²) < 4.78 is 18.2. The number of hydrogen-bond donors (Lipinski definition) is 2. The largest absolute Gasteiger partial charge is 0.489 e. The molecule has 0 aliphatic rings. The zero-order valence-electron chi connectivity index (χ0n) is 9.35. The molecule has 94 valence electrons. The molecule has 0 aliphatic carbocycles. The molecule has 0 fully saturated rings. The van der Waals surface area contributed by atoms with E-state index in [-0.39, 0.29) is 18.3 Å². The second-order valence-electron chi connectivity index (χ2n) is 3.49. The zero-order chi connectivity index (χ0) is 13.0. The fraction of sp³-hybridized carbons (Fsp3) is 0.0833. The Morgan fingerprint density at radius 3 is 2.72 bits per heavy atom. The SMILES string of the molecule is NNC(=O)c1sccc1COc1ccc(F)cc1. The molecule has 1 heterocycles. The van der Waals surface area contributed by atoms with E-state index in [9.17, 15) is 9.18 Å². The predicted octanol–water partition coefficient (Wildman–Crippen LogP) is 2.07. The number of ether oxygens (including phenoxy) is 1. The number of nitrogen functional groups attached to an aromatic ring is 1. The highest BCUT2D eigenvalue weighted by Crippen LogP contribution is 2.19. The monoisotopic (exact) mass is 266 g/mol. The van der Waals surface area contributed by atoms with Crippen molar-refractivity contribution in [3.8, 4) is 5.75 Å². The van der Waals surface area contributed by atoms with E-state index in [2.05, 4.69) is 5.43 Å². The summed E-state index contributed by atoms with van der Waals surface area (Å²) in [5.74, 6) is 4.96. The van der Waals surface area contributed by atoms with Crippen LogP contribution in [0.2, 0.25) is 0 Å². The summed E-state index contributed by atoms with van der Waals surface area (Å²) in [5.41, 5.74) is 2.82. The van der Waals surface area contributed by atoms with Gasteiger partial charge in [-0.05, 0) is 35.7 Å². The molecule has 0 saturated carbocycles. The standard InChI is InChI=1S/C12H11FN2O2S/c13-9-1-3-10(4-2-9)17-7-8-5-6-18-11(8)12(16)15-14/h1-6H,7,14H2,(H,15,16). The predicted molar refractivity (Wildman–Crippen MR) is 66.7 cm³/mol. The number of benzene rings is 1. The number of halogens is 1. The van der Waals surface area contributed by atoms with Crippen LogP contribution in [0, 0.1) is 5.82 Å². The van der Waals surface area contributed by atoms with Crippen LogP contribution in [0.1, 0.15) is 15.2 Å². The van der Waals surface area contributed by atoms with Gasteiger partial charge in [0.2, 0.25) is 0 Å². The summed E-state index contributed by atoms with van der Waals surface area (Å²) in [7, 11) is 0. The molecule has 0 unspecified atom stereocenters. The van der Waals surface area contributed by atoms with Crippen molar-refractivity contribution in [3.05, 3.63) is 52.0 Å². The van der Waals surface area contributed by atoms with Crippen LogP contribution in [-0.2, 0) is 6.61 Å². The van der Waals surface area contributed by atoms with Crippen LogP contribution in [-0.4, -0.2) is 5.91 Å². The van der Waals surface area contributed by atoms with Crippen LogP contribution in [0.25, 0.3) is 0 Å². The second kappa shape index (κ2) is 5.61. The van der Waals surface area contributed by atoms with Crippen LogP contribution in [0.5, 0.6) is 5.75 Å². The molecule has 1 aromatic carbocycles. The van der Waals surface area contributed by atoms with Gasteiger partial charge in [0.25, 0.3) is 5.91 Å². The lowest BCUT2D eigenvalue weighted by atomic mass is 10.2. The van der Waals surface area contributed by atoms with Gasteiger partial charge in [-0.2, -0.15) is 0 Å². The topological polar surface area (TPSA) is 64.3 Å². The molecular weight excluding hydrogens is 255 g/mol. The average Bonchev–Trinajstić information content (AvgIpc) is 2.85. The Morgan fingerprint density at radius 1 is 1.33 bits per heavy atom. The second-order valence-corrected chi connectivity index (χ2v) is 4.41. The number of hydrazine groups is 1. The molecule has 1 aromatic heterocycles. The zero-order valence-corrected chi connectivity index (χ0v) is 10.2. The molecule has 4 nitrogen and oxygen atoms in total. The number of amides is 1. The third kappa shape index (κ3) is 2.85. The molecule has 1 amide bonds. The van der Waals surface area contributed by atoms with Crippen molar-refractivity contribution in [2.24, 2.45) is 5.84 Å². The Hall–Kier alpha value is -1.92.